The summed E-state index contributed by atoms with van der Waals surface area (Å²) in [5, 5.41) is 0. The first-order valence-corrected chi connectivity index (χ1v) is 14.8. The zero-order valence-corrected chi connectivity index (χ0v) is 21.8. The standard InChI is InChI=1S/C30H61N/c1-2-3-4-5-6-7-8-9-10-11-12-13-14-15-16-17-18-19-20-21-22-23-24-25-26-27-28-29-30-31/h29-30H,2-28,31H2,1H3/b30-29+. The minimum atomic E-state index is 1.16. The van der Waals surface area contributed by atoms with Crippen LogP contribution in [0.1, 0.15) is 180 Å². The molecule has 0 spiro atoms. The molecule has 2 N–H and O–H groups in total. The first-order valence-electron chi connectivity index (χ1n) is 14.8. The Balaban J connectivity index is 2.99. The fourth-order valence-electron chi connectivity index (χ4n) is 4.67. The van der Waals surface area contributed by atoms with Crippen LogP contribution in [0.2, 0.25) is 0 Å². The summed E-state index contributed by atoms with van der Waals surface area (Å²) in [5.74, 6) is 0. The summed E-state index contributed by atoms with van der Waals surface area (Å²) in [7, 11) is 0. The number of allylic oxidation sites excluding steroid dienone is 1. The molecular weight excluding hydrogens is 374 g/mol. The van der Waals surface area contributed by atoms with Crippen LogP contribution in [-0.4, -0.2) is 0 Å². The predicted molar refractivity (Wildman–Crippen MR) is 144 cm³/mol. The first kappa shape index (κ1) is 30.5. The number of hydrogen-bond donors (Lipinski definition) is 1. The molecule has 0 bridgehead atoms. The second-order valence-electron chi connectivity index (χ2n) is 10.1. The Morgan fingerprint density at radius 2 is 0.581 bits per heavy atom. The molecule has 0 aliphatic heterocycles. The van der Waals surface area contributed by atoms with Gasteiger partial charge in [0.2, 0.25) is 0 Å². The number of nitrogens with two attached hydrogens (primary N) is 1. The van der Waals surface area contributed by atoms with E-state index in [0.717, 1.165) is 6.42 Å². The van der Waals surface area contributed by atoms with Gasteiger partial charge in [0.15, 0.2) is 0 Å². The van der Waals surface area contributed by atoms with Crippen LogP contribution in [0.3, 0.4) is 0 Å². The van der Waals surface area contributed by atoms with Crippen LogP contribution in [0.4, 0.5) is 0 Å². The molecule has 0 aliphatic rings. The van der Waals surface area contributed by atoms with Gasteiger partial charge < -0.3 is 5.73 Å². The van der Waals surface area contributed by atoms with E-state index in [4.69, 9.17) is 5.73 Å². The van der Waals surface area contributed by atoms with E-state index in [2.05, 4.69) is 13.0 Å². The summed E-state index contributed by atoms with van der Waals surface area (Å²) >= 11 is 0. The van der Waals surface area contributed by atoms with Crippen molar-refractivity contribution in [1.82, 2.24) is 0 Å². The molecule has 1 heteroatoms. The summed E-state index contributed by atoms with van der Waals surface area (Å²) in [6, 6.07) is 0. The highest BCUT2D eigenvalue weighted by molar-refractivity contribution is 4.74. The van der Waals surface area contributed by atoms with Crippen molar-refractivity contribution in [3.8, 4) is 0 Å². The third kappa shape index (κ3) is 29.5. The number of rotatable bonds is 27. The van der Waals surface area contributed by atoms with Gasteiger partial charge in [0.1, 0.15) is 0 Å². The SMILES string of the molecule is CCCCCCCCCCCCCCCCCCCCCCCCCCCC/C=C/N. The molecule has 0 atom stereocenters. The Bertz CT molecular complexity index is 322. The molecule has 0 saturated carbocycles. The van der Waals surface area contributed by atoms with Crippen molar-refractivity contribution in [2.45, 2.75) is 180 Å². The van der Waals surface area contributed by atoms with Crippen LogP contribution in [0.5, 0.6) is 0 Å². The van der Waals surface area contributed by atoms with Crippen molar-refractivity contribution in [3.63, 3.8) is 0 Å². The van der Waals surface area contributed by atoms with Gasteiger partial charge in [0.25, 0.3) is 0 Å². The first-order chi connectivity index (χ1) is 15.4. The molecule has 0 fully saturated rings. The second-order valence-corrected chi connectivity index (χ2v) is 10.1. The van der Waals surface area contributed by atoms with Gasteiger partial charge in [-0.1, -0.05) is 174 Å². The third-order valence-electron chi connectivity index (χ3n) is 6.86. The summed E-state index contributed by atoms with van der Waals surface area (Å²) < 4.78 is 0. The van der Waals surface area contributed by atoms with E-state index in [9.17, 15) is 0 Å². The van der Waals surface area contributed by atoms with Gasteiger partial charge in [0.05, 0.1) is 0 Å². The summed E-state index contributed by atoms with van der Waals surface area (Å²) in [5.41, 5.74) is 5.35. The molecule has 31 heavy (non-hydrogen) atoms. The molecule has 0 saturated heterocycles. The van der Waals surface area contributed by atoms with Crippen molar-refractivity contribution < 1.29 is 0 Å². The Morgan fingerprint density at radius 3 is 0.806 bits per heavy atom. The van der Waals surface area contributed by atoms with Crippen molar-refractivity contribution in [2.75, 3.05) is 0 Å². The maximum atomic E-state index is 5.35. The monoisotopic (exact) mass is 435 g/mol. The van der Waals surface area contributed by atoms with Crippen LogP contribution in [-0.2, 0) is 0 Å². The highest BCUT2D eigenvalue weighted by atomic mass is 14.5. The van der Waals surface area contributed by atoms with Gasteiger partial charge in [-0.15, -0.1) is 0 Å². The van der Waals surface area contributed by atoms with E-state index >= 15 is 0 Å². The minimum absolute atomic E-state index is 1.16. The quantitative estimate of drug-likeness (QED) is 0.127. The zero-order valence-electron chi connectivity index (χ0n) is 21.8. The van der Waals surface area contributed by atoms with Crippen LogP contribution < -0.4 is 5.73 Å². The Kier molecular flexibility index (Phi) is 29.1. The third-order valence-corrected chi connectivity index (χ3v) is 6.86. The van der Waals surface area contributed by atoms with Crippen molar-refractivity contribution >= 4 is 0 Å². The average Bonchev–Trinajstić information content (AvgIpc) is 2.78. The van der Waals surface area contributed by atoms with Gasteiger partial charge >= 0.3 is 0 Å². The number of hydrogen-bond acceptors (Lipinski definition) is 1. The van der Waals surface area contributed by atoms with Crippen LogP contribution in [0.15, 0.2) is 12.3 Å². The Morgan fingerprint density at radius 1 is 0.355 bits per heavy atom. The summed E-state index contributed by atoms with van der Waals surface area (Å²) in [6.07, 6.45) is 42.8. The molecule has 0 aromatic carbocycles. The lowest BCUT2D eigenvalue weighted by molar-refractivity contribution is 0.515. The van der Waals surface area contributed by atoms with Crippen molar-refractivity contribution in [2.24, 2.45) is 5.73 Å². The molecule has 0 radical (unpaired) electrons. The molecule has 0 rings (SSSR count). The van der Waals surface area contributed by atoms with Gasteiger partial charge in [-0.2, -0.15) is 0 Å². The second kappa shape index (κ2) is 29.5. The van der Waals surface area contributed by atoms with E-state index < -0.39 is 0 Å². The van der Waals surface area contributed by atoms with Crippen LogP contribution in [0.25, 0.3) is 0 Å². The molecule has 186 valence electrons. The fourth-order valence-corrected chi connectivity index (χ4v) is 4.67. The lowest BCUT2D eigenvalue weighted by atomic mass is 10.0. The minimum Gasteiger partial charge on any atom is -0.405 e. The molecule has 0 amide bonds. The zero-order chi connectivity index (χ0) is 22.5. The van der Waals surface area contributed by atoms with E-state index in [1.165, 1.54) is 167 Å². The summed E-state index contributed by atoms with van der Waals surface area (Å²) in [6.45, 7) is 2.30. The van der Waals surface area contributed by atoms with E-state index in [1.807, 2.05) is 0 Å². The largest absolute Gasteiger partial charge is 0.405 e. The maximum Gasteiger partial charge on any atom is -0.0103 e. The maximum absolute atomic E-state index is 5.35. The average molecular weight is 436 g/mol. The Hall–Kier alpha value is -0.460. The molecule has 0 unspecified atom stereocenters. The molecule has 0 aliphatic carbocycles. The van der Waals surface area contributed by atoms with Crippen molar-refractivity contribution in [1.29, 1.82) is 0 Å². The highest BCUT2D eigenvalue weighted by Gasteiger charge is 1.96. The van der Waals surface area contributed by atoms with Gasteiger partial charge in [-0.05, 0) is 19.0 Å². The molecular formula is C30H61N. The number of unbranched alkanes of at least 4 members (excludes halogenated alkanes) is 26. The van der Waals surface area contributed by atoms with E-state index in [1.54, 1.807) is 6.20 Å². The topological polar surface area (TPSA) is 26.0 Å². The molecule has 0 heterocycles. The van der Waals surface area contributed by atoms with E-state index in [0.29, 0.717) is 0 Å². The fraction of sp³-hybridized carbons (Fsp3) is 0.933. The van der Waals surface area contributed by atoms with E-state index in [-0.39, 0.29) is 0 Å². The predicted octanol–water partition coefficient (Wildman–Crippen LogP) is 11.0. The highest BCUT2D eigenvalue weighted by Crippen LogP contribution is 2.16. The van der Waals surface area contributed by atoms with Crippen LogP contribution in [0, 0.1) is 0 Å². The Labute approximate surface area is 198 Å². The normalized spacial score (nSPS) is 11.6. The van der Waals surface area contributed by atoms with Gasteiger partial charge in [-0.25, -0.2) is 0 Å². The smallest absolute Gasteiger partial charge is 0.0103 e. The summed E-state index contributed by atoms with van der Waals surface area (Å²) in [4.78, 5) is 0. The van der Waals surface area contributed by atoms with Gasteiger partial charge in [0, 0.05) is 0 Å². The lowest BCUT2D eigenvalue weighted by Crippen LogP contribution is -1.85. The molecule has 0 aromatic heterocycles. The van der Waals surface area contributed by atoms with Gasteiger partial charge in [-0.3, -0.25) is 0 Å². The molecule has 1 nitrogen and oxygen atoms in total. The van der Waals surface area contributed by atoms with Crippen LogP contribution >= 0.6 is 0 Å². The molecule has 0 aromatic rings. The van der Waals surface area contributed by atoms with Crippen molar-refractivity contribution in [3.05, 3.63) is 12.3 Å². The lowest BCUT2D eigenvalue weighted by Gasteiger charge is -2.04.